The minimum absolute atomic E-state index is 0.169. The van der Waals surface area contributed by atoms with Crippen LogP contribution in [-0.4, -0.2) is 54.9 Å². The molecule has 19 heavy (non-hydrogen) atoms. The van der Waals surface area contributed by atoms with E-state index in [4.69, 9.17) is 15.2 Å². The van der Waals surface area contributed by atoms with E-state index in [0.717, 1.165) is 25.9 Å². The van der Waals surface area contributed by atoms with Crippen molar-refractivity contribution in [3.63, 3.8) is 0 Å². The minimum atomic E-state index is -0.844. The molecule has 110 valence electrons. The summed E-state index contributed by atoms with van der Waals surface area (Å²) in [7, 11) is 0. The Hall–Kier alpha value is -0.650. The van der Waals surface area contributed by atoms with Gasteiger partial charge in [0, 0.05) is 19.6 Å². The summed E-state index contributed by atoms with van der Waals surface area (Å²) in [4.78, 5) is 14.4. The van der Waals surface area contributed by atoms with E-state index < -0.39 is 5.54 Å². The molecule has 2 aliphatic rings. The average molecular weight is 270 g/mol. The van der Waals surface area contributed by atoms with E-state index in [0.29, 0.717) is 19.8 Å². The zero-order valence-electron chi connectivity index (χ0n) is 12.3. The van der Waals surface area contributed by atoms with Gasteiger partial charge in [0.1, 0.15) is 5.54 Å². The lowest BCUT2D eigenvalue weighted by molar-refractivity contribution is -0.153. The van der Waals surface area contributed by atoms with Crippen molar-refractivity contribution >= 4 is 5.97 Å². The second-order valence-corrected chi connectivity index (χ2v) is 6.35. The van der Waals surface area contributed by atoms with Crippen molar-refractivity contribution in [1.29, 1.82) is 0 Å². The molecule has 1 unspecified atom stereocenters. The number of carbonyl (C=O) groups is 1. The molecule has 1 heterocycles. The molecule has 2 rings (SSSR count). The first-order valence-electron chi connectivity index (χ1n) is 7.20. The maximum atomic E-state index is 12.2. The summed E-state index contributed by atoms with van der Waals surface area (Å²) in [6.45, 7) is 9.24. The molecule has 2 fully saturated rings. The van der Waals surface area contributed by atoms with Crippen LogP contribution in [0.5, 0.6) is 0 Å². The Kier molecular flexibility index (Phi) is 4.18. The monoisotopic (exact) mass is 270 g/mol. The van der Waals surface area contributed by atoms with Gasteiger partial charge in [-0.2, -0.15) is 0 Å². The Balaban J connectivity index is 2.02. The lowest BCUT2D eigenvalue weighted by atomic mass is 9.92. The molecule has 1 saturated carbocycles. The lowest BCUT2D eigenvalue weighted by Crippen LogP contribution is -2.61. The molecular weight excluding hydrogens is 244 g/mol. The van der Waals surface area contributed by atoms with Crippen LogP contribution < -0.4 is 5.73 Å². The highest BCUT2D eigenvalue weighted by molar-refractivity contribution is 5.82. The first kappa shape index (κ1) is 14.8. The quantitative estimate of drug-likeness (QED) is 0.748. The number of esters is 1. The van der Waals surface area contributed by atoms with Crippen LogP contribution in [0.4, 0.5) is 0 Å². The summed E-state index contributed by atoms with van der Waals surface area (Å²) in [5, 5.41) is 0. The third-order valence-electron chi connectivity index (χ3n) is 3.95. The Morgan fingerprint density at radius 2 is 2.21 bits per heavy atom. The van der Waals surface area contributed by atoms with E-state index in [1.165, 1.54) is 0 Å². The molecule has 0 aromatic heterocycles. The molecule has 1 aliphatic heterocycles. The van der Waals surface area contributed by atoms with Crippen LogP contribution in [-0.2, 0) is 14.3 Å². The van der Waals surface area contributed by atoms with Gasteiger partial charge in [-0.25, -0.2) is 4.79 Å². The summed E-state index contributed by atoms with van der Waals surface area (Å²) in [6.07, 6.45) is 2.06. The van der Waals surface area contributed by atoms with Crippen molar-refractivity contribution in [2.75, 3.05) is 32.8 Å². The van der Waals surface area contributed by atoms with Gasteiger partial charge in [0.2, 0.25) is 0 Å². The Morgan fingerprint density at radius 1 is 1.53 bits per heavy atom. The summed E-state index contributed by atoms with van der Waals surface area (Å²) in [5.41, 5.74) is 5.38. The van der Waals surface area contributed by atoms with E-state index >= 15 is 0 Å². The van der Waals surface area contributed by atoms with Crippen LogP contribution in [0.2, 0.25) is 0 Å². The maximum Gasteiger partial charge on any atom is 0.327 e. The molecule has 0 bridgehead atoms. The summed E-state index contributed by atoms with van der Waals surface area (Å²) < 4.78 is 10.9. The van der Waals surface area contributed by atoms with Crippen LogP contribution in [0.25, 0.3) is 0 Å². The molecule has 0 aromatic carbocycles. The Labute approximate surface area is 115 Å². The van der Waals surface area contributed by atoms with E-state index in [2.05, 4.69) is 18.7 Å². The van der Waals surface area contributed by atoms with Gasteiger partial charge in [-0.3, -0.25) is 4.90 Å². The smallest absolute Gasteiger partial charge is 0.327 e. The zero-order valence-corrected chi connectivity index (χ0v) is 12.3. The number of morpholine rings is 1. The number of nitrogens with zero attached hydrogens (tertiary/aromatic N) is 1. The van der Waals surface area contributed by atoms with Crippen molar-refractivity contribution in [3.8, 4) is 0 Å². The lowest BCUT2D eigenvalue weighted by Gasteiger charge is -2.41. The number of ether oxygens (including phenoxy) is 2. The fourth-order valence-electron chi connectivity index (χ4n) is 2.84. The Morgan fingerprint density at radius 3 is 2.74 bits per heavy atom. The van der Waals surface area contributed by atoms with Crippen LogP contribution in [0.15, 0.2) is 0 Å². The summed E-state index contributed by atoms with van der Waals surface area (Å²) in [5.74, 6) is 0.0271. The molecule has 5 nitrogen and oxygen atoms in total. The zero-order chi connectivity index (χ0) is 14.1. The molecule has 0 radical (unpaired) electrons. The topological polar surface area (TPSA) is 64.8 Å². The number of nitrogens with two attached hydrogens (primary N) is 1. The van der Waals surface area contributed by atoms with E-state index in [-0.39, 0.29) is 17.5 Å². The van der Waals surface area contributed by atoms with Gasteiger partial charge in [0.25, 0.3) is 0 Å². The van der Waals surface area contributed by atoms with Gasteiger partial charge in [-0.15, -0.1) is 0 Å². The summed E-state index contributed by atoms with van der Waals surface area (Å²) >= 11 is 0. The molecule has 0 amide bonds. The van der Waals surface area contributed by atoms with Gasteiger partial charge >= 0.3 is 5.97 Å². The van der Waals surface area contributed by atoms with E-state index in [1.807, 2.05) is 6.92 Å². The van der Waals surface area contributed by atoms with Crippen LogP contribution in [0.3, 0.4) is 0 Å². The SMILES string of the molecule is CCOC(=O)C(N)(CN1CCOC(C)(C)C1)C1CC1. The largest absolute Gasteiger partial charge is 0.465 e. The normalized spacial score (nSPS) is 26.7. The fraction of sp³-hybridized carbons (Fsp3) is 0.929. The highest BCUT2D eigenvalue weighted by atomic mass is 16.5. The molecule has 0 aromatic rings. The molecule has 1 atom stereocenters. The third-order valence-corrected chi connectivity index (χ3v) is 3.95. The van der Waals surface area contributed by atoms with Crippen molar-refractivity contribution in [1.82, 2.24) is 4.90 Å². The second-order valence-electron chi connectivity index (χ2n) is 6.35. The molecular formula is C14H26N2O3. The van der Waals surface area contributed by atoms with Crippen molar-refractivity contribution in [3.05, 3.63) is 0 Å². The number of carbonyl (C=O) groups excluding carboxylic acids is 1. The van der Waals surface area contributed by atoms with Gasteiger partial charge in [-0.1, -0.05) is 0 Å². The molecule has 0 spiro atoms. The second kappa shape index (κ2) is 5.38. The highest BCUT2D eigenvalue weighted by Crippen LogP contribution is 2.39. The van der Waals surface area contributed by atoms with Crippen molar-refractivity contribution in [2.45, 2.75) is 44.8 Å². The van der Waals surface area contributed by atoms with Crippen LogP contribution >= 0.6 is 0 Å². The maximum absolute atomic E-state index is 12.2. The van der Waals surface area contributed by atoms with Gasteiger partial charge in [0.15, 0.2) is 0 Å². The minimum Gasteiger partial charge on any atom is -0.465 e. The molecule has 2 N–H and O–H groups in total. The molecule has 1 saturated heterocycles. The third kappa shape index (κ3) is 3.46. The first-order valence-corrected chi connectivity index (χ1v) is 7.20. The van der Waals surface area contributed by atoms with E-state index in [1.54, 1.807) is 0 Å². The summed E-state index contributed by atoms with van der Waals surface area (Å²) in [6, 6.07) is 0. The van der Waals surface area contributed by atoms with Gasteiger partial charge in [0.05, 0.1) is 18.8 Å². The first-order chi connectivity index (χ1) is 8.87. The number of rotatable bonds is 5. The number of hydrogen-bond acceptors (Lipinski definition) is 5. The van der Waals surface area contributed by atoms with Gasteiger partial charge in [-0.05, 0) is 39.5 Å². The van der Waals surface area contributed by atoms with Gasteiger partial charge < -0.3 is 15.2 Å². The van der Waals surface area contributed by atoms with E-state index in [9.17, 15) is 4.79 Å². The highest BCUT2D eigenvalue weighted by Gasteiger charge is 2.50. The predicted octanol–water partition coefficient (Wildman–Crippen LogP) is 0.768. The van der Waals surface area contributed by atoms with Crippen molar-refractivity contribution < 1.29 is 14.3 Å². The van der Waals surface area contributed by atoms with Crippen molar-refractivity contribution in [2.24, 2.45) is 11.7 Å². The molecule has 5 heteroatoms. The van der Waals surface area contributed by atoms with Crippen LogP contribution in [0, 0.1) is 5.92 Å². The predicted molar refractivity (Wildman–Crippen MR) is 72.7 cm³/mol. The molecule has 1 aliphatic carbocycles. The average Bonchev–Trinajstić information content (AvgIpc) is 3.11. The standard InChI is InChI=1S/C14H26N2O3/c1-4-18-12(17)14(15,11-5-6-11)10-16-7-8-19-13(2,3)9-16/h11H,4-10,15H2,1-3H3. The Bertz CT molecular complexity index is 342. The van der Waals surface area contributed by atoms with Crippen LogP contribution in [0.1, 0.15) is 33.6 Å². The fourth-order valence-corrected chi connectivity index (χ4v) is 2.84. The number of hydrogen-bond donors (Lipinski definition) is 1.